The van der Waals surface area contributed by atoms with Gasteiger partial charge in [-0.1, -0.05) is 32.9 Å². The van der Waals surface area contributed by atoms with Crippen molar-refractivity contribution < 1.29 is 14.0 Å². The van der Waals surface area contributed by atoms with E-state index in [0.29, 0.717) is 29.8 Å². The molecule has 0 bridgehead atoms. The number of hydrogen-bond donors (Lipinski definition) is 2. The van der Waals surface area contributed by atoms with Crippen molar-refractivity contribution in [2.75, 3.05) is 42.9 Å². The van der Waals surface area contributed by atoms with Crippen molar-refractivity contribution in [3.8, 4) is 0 Å². The van der Waals surface area contributed by atoms with Gasteiger partial charge < -0.3 is 20.4 Å². The van der Waals surface area contributed by atoms with E-state index in [4.69, 9.17) is 0 Å². The van der Waals surface area contributed by atoms with Gasteiger partial charge in [-0.3, -0.25) is 14.4 Å². The number of hydrogen-bond acceptors (Lipinski definition) is 5. The number of halogens is 1. The highest BCUT2D eigenvalue weighted by Crippen LogP contribution is 2.37. The van der Waals surface area contributed by atoms with E-state index in [1.54, 1.807) is 26.7 Å². The molecule has 3 heterocycles. The normalized spacial score (nSPS) is 15.6. The van der Waals surface area contributed by atoms with Gasteiger partial charge in [-0.25, -0.2) is 9.18 Å². The lowest BCUT2D eigenvalue weighted by atomic mass is 9.92. The van der Waals surface area contributed by atoms with E-state index < -0.39 is 11.7 Å². The first-order chi connectivity index (χ1) is 19.5. The number of carbonyl (C=O) groups is 2. The molecule has 0 atom stereocenters. The van der Waals surface area contributed by atoms with E-state index in [9.17, 15) is 9.59 Å². The molecule has 1 fully saturated rings. The molecule has 41 heavy (non-hydrogen) atoms. The van der Waals surface area contributed by atoms with Crippen molar-refractivity contribution in [2.24, 2.45) is 12.5 Å². The molecule has 10 heteroatoms. The highest BCUT2D eigenvalue weighted by atomic mass is 19.1. The number of urea groups is 1. The van der Waals surface area contributed by atoms with Crippen molar-refractivity contribution in [2.45, 2.75) is 47.2 Å². The molecule has 0 radical (unpaired) electrons. The Bertz CT molecular complexity index is 1440. The van der Waals surface area contributed by atoms with Gasteiger partial charge in [0.2, 0.25) is 0 Å². The number of piperazine rings is 1. The second-order valence-electron chi connectivity index (χ2n) is 12.3. The Hall–Kier alpha value is -3.92. The monoisotopic (exact) mass is 561 g/mol. The third-order valence-electron chi connectivity index (χ3n) is 7.83. The lowest BCUT2D eigenvalue weighted by Crippen LogP contribution is -2.51. The Morgan fingerprint density at radius 1 is 1.07 bits per heavy atom. The van der Waals surface area contributed by atoms with Crippen molar-refractivity contribution in [3.63, 3.8) is 0 Å². The SMILES string of the molecule is Cc1ccc2c(c1)Nc1c(cnn1C)CN2C(=O)c1ccc(CNC(=O)N2CCN(CCC(C)(C)C)CC2)cc1F. The fourth-order valence-corrected chi connectivity index (χ4v) is 5.25. The Morgan fingerprint density at radius 2 is 1.83 bits per heavy atom. The summed E-state index contributed by atoms with van der Waals surface area (Å²) in [5, 5.41) is 10.6. The van der Waals surface area contributed by atoms with Crippen molar-refractivity contribution in [3.05, 3.63) is 70.7 Å². The number of carbonyl (C=O) groups excluding carboxylic acids is 2. The van der Waals surface area contributed by atoms with Crippen LogP contribution in [0.25, 0.3) is 0 Å². The molecule has 0 aliphatic carbocycles. The number of fused-ring (bicyclic) bond motifs is 2. The molecule has 2 aliphatic rings. The summed E-state index contributed by atoms with van der Waals surface area (Å²) in [6.45, 7) is 13.2. The number of rotatable bonds is 5. The van der Waals surface area contributed by atoms with Crippen LogP contribution in [0.1, 0.15) is 54.2 Å². The third-order valence-corrected chi connectivity index (χ3v) is 7.83. The maximum atomic E-state index is 15.4. The lowest BCUT2D eigenvalue weighted by molar-refractivity contribution is 0.0981. The topological polar surface area (TPSA) is 85.7 Å². The van der Waals surface area contributed by atoms with Crippen molar-refractivity contribution >= 4 is 29.1 Å². The number of aryl methyl sites for hydroxylation is 2. The molecule has 0 spiro atoms. The Kier molecular flexibility index (Phi) is 8.04. The van der Waals surface area contributed by atoms with Crippen LogP contribution in [-0.4, -0.2) is 64.2 Å². The van der Waals surface area contributed by atoms with E-state index in [2.05, 4.69) is 41.4 Å². The van der Waals surface area contributed by atoms with Crippen LogP contribution in [0.5, 0.6) is 0 Å². The van der Waals surface area contributed by atoms with E-state index in [0.717, 1.165) is 48.7 Å². The predicted molar refractivity (Wildman–Crippen MR) is 159 cm³/mol. The van der Waals surface area contributed by atoms with E-state index in [1.165, 1.54) is 12.1 Å². The molecule has 2 aromatic carbocycles. The van der Waals surface area contributed by atoms with E-state index >= 15 is 4.39 Å². The van der Waals surface area contributed by atoms with E-state index in [-0.39, 0.29) is 24.7 Å². The van der Waals surface area contributed by atoms with Gasteiger partial charge in [0.05, 0.1) is 29.7 Å². The predicted octanol–water partition coefficient (Wildman–Crippen LogP) is 5.04. The molecule has 0 unspecified atom stereocenters. The highest BCUT2D eigenvalue weighted by Gasteiger charge is 2.29. The molecule has 0 saturated carbocycles. The van der Waals surface area contributed by atoms with Crippen LogP contribution in [0.2, 0.25) is 0 Å². The van der Waals surface area contributed by atoms with Gasteiger partial charge in [-0.15, -0.1) is 0 Å². The van der Waals surface area contributed by atoms with Gasteiger partial charge in [-0.2, -0.15) is 5.10 Å². The fraction of sp³-hybridized carbons (Fsp3) is 0.452. The summed E-state index contributed by atoms with van der Waals surface area (Å²) in [6.07, 6.45) is 2.84. The zero-order chi connectivity index (χ0) is 29.3. The number of nitrogens with zero attached hydrogens (tertiary/aromatic N) is 5. The summed E-state index contributed by atoms with van der Waals surface area (Å²) < 4.78 is 17.1. The van der Waals surface area contributed by atoms with Gasteiger partial charge in [0.15, 0.2) is 0 Å². The minimum Gasteiger partial charge on any atom is -0.338 e. The molecule has 1 aromatic heterocycles. The summed E-state index contributed by atoms with van der Waals surface area (Å²) in [5.74, 6) is -0.262. The molecule has 2 aliphatic heterocycles. The molecule has 2 N–H and O–H groups in total. The Balaban J connectivity index is 1.23. The minimum atomic E-state index is -0.619. The second-order valence-corrected chi connectivity index (χ2v) is 12.3. The van der Waals surface area contributed by atoms with Gasteiger partial charge in [0, 0.05) is 45.3 Å². The number of amides is 3. The third kappa shape index (κ3) is 6.53. The zero-order valence-electron chi connectivity index (χ0n) is 24.6. The van der Waals surface area contributed by atoms with Gasteiger partial charge in [0.1, 0.15) is 11.6 Å². The first-order valence-corrected chi connectivity index (χ1v) is 14.2. The maximum absolute atomic E-state index is 15.4. The van der Waals surface area contributed by atoms with Crippen LogP contribution in [0.4, 0.5) is 26.4 Å². The molecule has 218 valence electrons. The van der Waals surface area contributed by atoms with Gasteiger partial charge in [-0.05, 0) is 60.7 Å². The summed E-state index contributed by atoms with van der Waals surface area (Å²) in [7, 11) is 1.84. The highest BCUT2D eigenvalue weighted by molar-refractivity contribution is 6.08. The molecule has 3 amide bonds. The van der Waals surface area contributed by atoms with Crippen LogP contribution >= 0.6 is 0 Å². The summed E-state index contributed by atoms with van der Waals surface area (Å²) in [6, 6.07) is 10.2. The number of benzene rings is 2. The smallest absolute Gasteiger partial charge is 0.317 e. The maximum Gasteiger partial charge on any atom is 0.317 e. The average Bonchev–Trinajstić information content (AvgIpc) is 3.18. The fourth-order valence-electron chi connectivity index (χ4n) is 5.25. The molecule has 1 saturated heterocycles. The first-order valence-electron chi connectivity index (χ1n) is 14.2. The van der Waals surface area contributed by atoms with Crippen LogP contribution in [0.3, 0.4) is 0 Å². The summed E-state index contributed by atoms with van der Waals surface area (Å²) >= 11 is 0. The molecular weight excluding hydrogens is 521 g/mol. The minimum absolute atomic E-state index is 0.0229. The van der Waals surface area contributed by atoms with Crippen LogP contribution in [0, 0.1) is 18.2 Å². The van der Waals surface area contributed by atoms with Crippen molar-refractivity contribution in [1.29, 1.82) is 0 Å². The largest absolute Gasteiger partial charge is 0.338 e. The van der Waals surface area contributed by atoms with Gasteiger partial charge in [0.25, 0.3) is 5.91 Å². The van der Waals surface area contributed by atoms with Gasteiger partial charge >= 0.3 is 6.03 Å². The molecular formula is C31H40FN7O2. The first kappa shape index (κ1) is 28.6. The zero-order valence-corrected chi connectivity index (χ0v) is 24.6. The summed E-state index contributed by atoms with van der Waals surface area (Å²) in [4.78, 5) is 32.3. The number of nitrogens with one attached hydrogen (secondary N) is 2. The second kappa shape index (κ2) is 11.5. The average molecular weight is 562 g/mol. The van der Waals surface area contributed by atoms with Crippen molar-refractivity contribution in [1.82, 2.24) is 24.9 Å². The molecule has 3 aromatic rings. The number of aromatic nitrogens is 2. The summed E-state index contributed by atoms with van der Waals surface area (Å²) in [5.41, 5.74) is 4.17. The van der Waals surface area contributed by atoms with Crippen LogP contribution < -0.4 is 15.5 Å². The lowest BCUT2D eigenvalue weighted by Gasteiger charge is -2.35. The van der Waals surface area contributed by atoms with E-state index in [1.807, 2.05) is 32.2 Å². The molecule has 9 nitrogen and oxygen atoms in total. The van der Waals surface area contributed by atoms with Crippen LogP contribution in [-0.2, 0) is 20.1 Å². The standard InChI is InChI=1S/C31H40FN7O2/c1-21-6-9-27-26(16-21)35-28-23(19-34-36(28)5)20-39(27)29(40)24-8-7-22(17-25(24)32)18-33-30(41)38-14-12-37(13-15-38)11-10-31(2,3)4/h6-9,16-17,19,35H,10-15,18,20H2,1-5H3,(H,33,41). The number of anilines is 3. The Labute approximate surface area is 241 Å². The Morgan fingerprint density at radius 3 is 2.54 bits per heavy atom. The quantitative estimate of drug-likeness (QED) is 0.456. The molecule has 5 rings (SSSR count). The van der Waals surface area contributed by atoms with Crippen LogP contribution in [0.15, 0.2) is 42.6 Å².